The second kappa shape index (κ2) is 10.8. The molecule has 0 atom stereocenters. The van der Waals surface area contributed by atoms with Crippen molar-refractivity contribution >= 4 is 69.1 Å². The van der Waals surface area contributed by atoms with Crippen LogP contribution >= 0.6 is 23.2 Å². The molecule has 2 amide bonds. The Hall–Kier alpha value is -4.35. The fraction of sp³-hybridized carbons (Fsp3) is 0.192. The number of nitrogens with one attached hydrogen (secondary N) is 2. The van der Waals surface area contributed by atoms with Gasteiger partial charge in [-0.15, -0.1) is 0 Å². The van der Waals surface area contributed by atoms with Gasteiger partial charge in [0.15, 0.2) is 0 Å². The summed E-state index contributed by atoms with van der Waals surface area (Å²) in [5, 5.41) is 15.7. The molecule has 13 heteroatoms. The molecule has 0 spiro atoms. The van der Waals surface area contributed by atoms with E-state index in [9.17, 15) is 14.4 Å². The van der Waals surface area contributed by atoms with Gasteiger partial charge in [-0.3, -0.25) is 14.2 Å². The molecule has 2 aromatic heterocycles. The third kappa shape index (κ3) is 5.45. The van der Waals surface area contributed by atoms with Gasteiger partial charge in [0.05, 0.1) is 26.8 Å². The van der Waals surface area contributed by atoms with Gasteiger partial charge in [-0.2, -0.15) is 0 Å². The minimum Gasteiger partial charge on any atom is -0.465 e. The smallest absolute Gasteiger partial charge is 0.407 e. The Morgan fingerprint density at radius 1 is 1.00 bits per heavy atom. The van der Waals surface area contributed by atoms with Crippen LogP contribution < -0.4 is 21.1 Å². The summed E-state index contributed by atoms with van der Waals surface area (Å²) in [5.41, 5.74) is 2.05. The summed E-state index contributed by atoms with van der Waals surface area (Å²) in [7, 11) is 0. The van der Waals surface area contributed by atoms with E-state index in [1.54, 1.807) is 18.2 Å². The van der Waals surface area contributed by atoms with Crippen LogP contribution in [0.3, 0.4) is 0 Å². The Bertz CT molecular complexity index is 1610. The van der Waals surface area contributed by atoms with E-state index < -0.39 is 11.7 Å². The maximum atomic E-state index is 13.4. The van der Waals surface area contributed by atoms with Gasteiger partial charge in [-0.05, 0) is 36.4 Å². The lowest BCUT2D eigenvalue weighted by atomic mass is 10.2. The third-order valence-electron chi connectivity index (χ3n) is 6.28. The van der Waals surface area contributed by atoms with Crippen LogP contribution in [-0.2, 0) is 4.79 Å². The molecular weight excluding hydrogens is 545 g/mol. The van der Waals surface area contributed by atoms with E-state index in [0.29, 0.717) is 31.9 Å². The van der Waals surface area contributed by atoms with Crippen molar-refractivity contribution in [2.75, 3.05) is 41.7 Å². The monoisotopic (exact) mass is 567 g/mol. The number of carbonyl (C=O) groups is 2. The molecule has 0 saturated carbocycles. The predicted molar refractivity (Wildman–Crippen MR) is 151 cm³/mol. The maximum absolute atomic E-state index is 13.4. The van der Waals surface area contributed by atoms with E-state index >= 15 is 0 Å². The molecule has 11 nitrogen and oxygen atoms in total. The number of nitrogens with zero attached hydrogens (tertiary/aromatic N) is 5. The SMILES string of the molecule is CC(=O)Nc1cn(-c2c(Cl)cccc2Cl)c(=O)c2cnc(Nc3ccc(N4CCN(C(=O)O)CC4)cc3)nc12. The van der Waals surface area contributed by atoms with Crippen LogP contribution in [0.1, 0.15) is 6.92 Å². The lowest BCUT2D eigenvalue weighted by molar-refractivity contribution is -0.114. The molecule has 2 aromatic carbocycles. The summed E-state index contributed by atoms with van der Waals surface area (Å²) in [6.07, 6.45) is 1.92. The lowest BCUT2D eigenvalue weighted by Gasteiger charge is -2.34. The number of hydrogen-bond acceptors (Lipinski definition) is 7. The molecule has 0 bridgehead atoms. The van der Waals surface area contributed by atoms with Gasteiger partial charge in [0.1, 0.15) is 5.52 Å². The summed E-state index contributed by atoms with van der Waals surface area (Å²) >= 11 is 12.7. The molecule has 0 radical (unpaired) electrons. The summed E-state index contributed by atoms with van der Waals surface area (Å²) in [6, 6.07) is 12.5. The summed E-state index contributed by atoms with van der Waals surface area (Å²) in [4.78, 5) is 48.8. The third-order valence-corrected chi connectivity index (χ3v) is 6.89. The molecule has 0 aliphatic carbocycles. The average molecular weight is 568 g/mol. The highest BCUT2D eigenvalue weighted by atomic mass is 35.5. The van der Waals surface area contributed by atoms with Crippen LogP contribution in [0.15, 0.2) is 59.7 Å². The number of carboxylic acid groups (broad SMARTS) is 1. The first-order valence-electron chi connectivity index (χ1n) is 12.0. The fourth-order valence-electron chi connectivity index (χ4n) is 4.39. The van der Waals surface area contributed by atoms with Gasteiger partial charge in [0, 0.05) is 56.9 Å². The van der Waals surface area contributed by atoms with Crippen molar-refractivity contribution < 1.29 is 14.7 Å². The second-order valence-electron chi connectivity index (χ2n) is 8.85. The van der Waals surface area contributed by atoms with Crippen LogP contribution in [-0.4, -0.2) is 62.7 Å². The summed E-state index contributed by atoms with van der Waals surface area (Å²) in [6.45, 7) is 3.46. The topological polar surface area (TPSA) is 133 Å². The number of para-hydroxylation sites is 1. The highest BCUT2D eigenvalue weighted by molar-refractivity contribution is 6.37. The van der Waals surface area contributed by atoms with Crippen molar-refractivity contribution in [2.24, 2.45) is 0 Å². The summed E-state index contributed by atoms with van der Waals surface area (Å²) < 4.78 is 1.27. The standard InChI is InChI=1S/C26H23Cl2N7O4/c1-15(36)30-21-14-35(23-19(27)3-2-4-20(23)28)24(37)18-13-29-25(32-22(18)21)31-16-5-7-17(8-6-16)33-9-11-34(12-10-33)26(38)39/h2-8,13-14H,9-12H2,1H3,(H,30,36)(H,38,39)(H,29,31,32). The minimum atomic E-state index is -0.905. The van der Waals surface area contributed by atoms with Gasteiger partial charge >= 0.3 is 6.09 Å². The van der Waals surface area contributed by atoms with Crippen LogP contribution in [0.2, 0.25) is 10.0 Å². The van der Waals surface area contributed by atoms with Crippen molar-refractivity contribution in [3.8, 4) is 5.69 Å². The molecule has 0 unspecified atom stereocenters. The number of carbonyl (C=O) groups excluding carboxylic acids is 1. The second-order valence-corrected chi connectivity index (χ2v) is 9.67. The first kappa shape index (κ1) is 26.3. The number of anilines is 4. The molecule has 1 aliphatic rings. The number of piperazine rings is 1. The molecular formula is C26H23Cl2N7O4. The molecule has 4 aromatic rings. The normalized spacial score (nSPS) is 13.4. The van der Waals surface area contributed by atoms with Crippen molar-refractivity contribution in [3.63, 3.8) is 0 Å². The van der Waals surface area contributed by atoms with Crippen LogP contribution in [0.5, 0.6) is 0 Å². The Balaban J connectivity index is 1.44. The Labute approximate surface area is 232 Å². The quantitative estimate of drug-likeness (QED) is 0.319. The van der Waals surface area contributed by atoms with Crippen molar-refractivity contribution in [1.29, 1.82) is 0 Å². The number of benzene rings is 2. The molecule has 1 fully saturated rings. The van der Waals surface area contributed by atoms with Gasteiger partial charge in [-0.1, -0.05) is 29.3 Å². The lowest BCUT2D eigenvalue weighted by Crippen LogP contribution is -2.48. The van der Waals surface area contributed by atoms with Gasteiger partial charge < -0.3 is 25.5 Å². The summed E-state index contributed by atoms with van der Waals surface area (Å²) in [5.74, 6) is -0.121. The zero-order valence-corrected chi connectivity index (χ0v) is 22.2. The van der Waals surface area contributed by atoms with Crippen molar-refractivity contribution in [1.82, 2.24) is 19.4 Å². The molecule has 1 saturated heterocycles. The molecule has 3 N–H and O–H groups in total. The van der Waals surface area contributed by atoms with E-state index in [2.05, 4.69) is 25.5 Å². The van der Waals surface area contributed by atoms with E-state index in [1.165, 1.54) is 28.8 Å². The molecule has 39 heavy (non-hydrogen) atoms. The largest absolute Gasteiger partial charge is 0.465 e. The first-order valence-corrected chi connectivity index (χ1v) is 12.7. The van der Waals surface area contributed by atoms with E-state index in [1.807, 2.05) is 24.3 Å². The minimum absolute atomic E-state index is 0.165. The molecule has 200 valence electrons. The maximum Gasteiger partial charge on any atom is 0.407 e. The number of amides is 2. The Morgan fingerprint density at radius 3 is 2.28 bits per heavy atom. The van der Waals surface area contributed by atoms with Crippen molar-refractivity contribution in [3.05, 3.63) is 75.3 Å². The van der Waals surface area contributed by atoms with E-state index in [4.69, 9.17) is 28.3 Å². The predicted octanol–water partition coefficient (Wildman–Crippen LogP) is 4.59. The Morgan fingerprint density at radius 2 is 1.67 bits per heavy atom. The average Bonchev–Trinajstić information content (AvgIpc) is 2.91. The van der Waals surface area contributed by atoms with Crippen LogP contribution in [0.4, 0.5) is 27.8 Å². The number of pyridine rings is 1. The zero-order valence-electron chi connectivity index (χ0n) is 20.7. The highest BCUT2D eigenvalue weighted by Crippen LogP contribution is 2.30. The zero-order chi connectivity index (χ0) is 27.7. The van der Waals surface area contributed by atoms with E-state index in [-0.39, 0.29) is 44.2 Å². The molecule has 1 aliphatic heterocycles. The van der Waals surface area contributed by atoms with Crippen LogP contribution in [0, 0.1) is 0 Å². The number of hydrogen-bond donors (Lipinski definition) is 3. The molecule has 3 heterocycles. The Kier molecular flexibility index (Phi) is 7.27. The first-order chi connectivity index (χ1) is 18.7. The number of aromatic nitrogens is 3. The number of halogens is 2. The van der Waals surface area contributed by atoms with Crippen molar-refractivity contribution in [2.45, 2.75) is 6.92 Å². The number of rotatable bonds is 5. The number of fused-ring (bicyclic) bond motifs is 1. The van der Waals surface area contributed by atoms with E-state index in [0.717, 1.165) is 5.69 Å². The van der Waals surface area contributed by atoms with Gasteiger partial charge in [0.2, 0.25) is 11.9 Å². The highest BCUT2D eigenvalue weighted by Gasteiger charge is 2.21. The van der Waals surface area contributed by atoms with Gasteiger partial charge in [-0.25, -0.2) is 14.8 Å². The van der Waals surface area contributed by atoms with Crippen LogP contribution in [0.25, 0.3) is 16.6 Å². The molecule has 5 rings (SSSR count). The van der Waals surface area contributed by atoms with Gasteiger partial charge in [0.25, 0.3) is 5.56 Å². The fourth-order valence-corrected chi connectivity index (χ4v) is 4.97.